The number of hydrogen-bond acceptors (Lipinski definition) is 3. The minimum Gasteiger partial charge on any atom is -0.274 e. The molecular formula is C15H14FNO3S. The molecule has 0 bridgehead atoms. The van der Waals surface area contributed by atoms with Crippen molar-refractivity contribution in [3.63, 3.8) is 0 Å². The highest BCUT2D eigenvalue weighted by molar-refractivity contribution is 7.89. The molecule has 1 N–H and O–H groups in total. The van der Waals surface area contributed by atoms with E-state index >= 15 is 0 Å². The molecule has 4 nitrogen and oxygen atoms in total. The fourth-order valence-corrected chi connectivity index (χ4v) is 2.95. The summed E-state index contributed by atoms with van der Waals surface area (Å²) in [5.41, 5.74) is 1.14. The summed E-state index contributed by atoms with van der Waals surface area (Å²) in [6.45, 7) is 0. The highest BCUT2D eigenvalue weighted by atomic mass is 32.2. The highest BCUT2D eigenvalue weighted by Gasteiger charge is 2.15. The Balaban J connectivity index is 1.96. The summed E-state index contributed by atoms with van der Waals surface area (Å²) in [5, 5.41) is 0. The maximum Gasteiger partial charge on any atom is 0.239 e. The van der Waals surface area contributed by atoms with Crippen LogP contribution in [0.2, 0.25) is 0 Å². The quantitative estimate of drug-likeness (QED) is 0.919. The molecule has 0 spiro atoms. The molecule has 0 unspecified atom stereocenters. The average Bonchev–Trinajstić information content (AvgIpc) is 2.41. The summed E-state index contributed by atoms with van der Waals surface area (Å²) >= 11 is 0. The van der Waals surface area contributed by atoms with E-state index in [0.717, 1.165) is 0 Å². The molecule has 0 atom stereocenters. The van der Waals surface area contributed by atoms with Crippen LogP contribution in [-0.2, 0) is 27.0 Å². The van der Waals surface area contributed by atoms with E-state index in [0.29, 0.717) is 11.1 Å². The Kier molecular flexibility index (Phi) is 4.70. The van der Waals surface area contributed by atoms with Gasteiger partial charge in [-0.25, -0.2) is 12.8 Å². The Bertz CT molecular complexity index is 712. The molecule has 6 heteroatoms. The van der Waals surface area contributed by atoms with Gasteiger partial charge < -0.3 is 0 Å². The molecule has 0 fully saturated rings. The van der Waals surface area contributed by atoms with Crippen molar-refractivity contribution in [3.05, 3.63) is 71.5 Å². The van der Waals surface area contributed by atoms with Gasteiger partial charge in [0.2, 0.25) is 15.9 Å². The van der Waals surface area contributed by atoms with Crippen molar-refractivity contribution in [2.24, 2.45) is 0 Å². The largest absolute Gasteiger partial charge is 0.274 e. The first-order chi connectivity index (χ1) is 9.94. The molecule has 0 aliphatic carbocycles. The van der Waals surface area contributed by atoms with E-state index in [4.69, 9.17) is 0 Å². The molecule has 1 amide bonds. The summed E-state index contributed by atoms with van der Waals surface area (Å²) in [6, 6.07) is 13.9. The molecule has 0 aromatic heterocycles. The first kappa shape index (κ1) is 15.2. The van der Waals surface area contributed by atoms with Crippen LogP contribution in [0.3, 0.4) is 0 Å². The van der Waals surface area contributed by atoms with E-state index in [-0.39, 0.29) is 12.2 Å². The average molecular weight is 307 g/mol. The van der Waals surface area contributed by atoms with Crippen LogP contribution in [0.25, 0.3) is 0 Å². The van der Waals surface area contributed by atoms with Gasteiger partial charge in [0.1, 0.15) is 5.82 Å². The zero-order valence-corrected chi connectivity index (χ0v) is 11.9. The molecule has 0 saturated carbocycles. The second kappa shape index (κ2) is 6.49. The van der Waals surface area contributed by atoms with Gasteiger partial charge in [0.25, 0.3) is 0 Å². The third-order valence-electron chi connectivity index (χ3n) is 2.75. The minimum atomic E-state index is -3.74. The summed E-state index contributed by atoms with van der Waals surface area (Å²) in [7, 11) is -3.74. The highest BCUT2D eigenvalue weighted by Crippen LogP contribution is 2.06. The van der Waals surface area contributed by atoms with Crippen molar-refractivity contribution in [1.82, 2.24) is 4.72 Å². The van der Waals surface area contributed by atoms with Crippen molar-refractivity contribution in [1.29, 1.82) is 0 Å². The zero-order chi connectivity index (χ0) is 15.3. The van der Waals surface area contributed by atoms with E-state index in [9.17, 15) is 17.6 Å². The van der Waals surface area contributed by atoms with E-state index < -0.39 is 21.7 Å². The number of rotatable bonds is 5. The van der Waals surface area contributed by atoms with Gasteiger partial charge in [0, 0.05) is 0 Å². The number of amides is 1. The number of halogens is 1. The lowest BCUT2D eigenvalue weighted by Crippen LogP contribution is -2.32. The molecular weight excluding hydrogens is 293 g/mol. The van der Waals surface area contributed by atoms with E-state index in [1.54, 1.807) is 30.3 Å². The summed E-state index contributed by atoms with van der Waals surface area (Å²) in [6.07, 6.45) is -0.117. The molecule has 0 radical (unpaired) electrons. The SMILES string of the molecule is O=C(Cc1ccc(F)cc1)NS(=O)(=O)Cc1ccccc1. The molecule has 0 saturated heterocycles. The number of carbonyl (C=O) groups excluding carboxylic acids is 1. The zero-order valence-electron chi connectivity index (χ0n) is 11.1. The van der Waals surface area contributed by atoms with Crippen LogP contribution in [0.15, 0.2) is 54.6 Å². The molecule has 21 heavy (non-hydrogen) atoms. The summed E-state index contributed by atoms with van der Waals surface area (Å²) in [5.74, 6) is -1.31. The topological polar surface area (TPSA) is 63.2 Å². The van der Waals surface area contributed by atoms with Crippen molar-refractivity contribution >= 4 is 15.9 Å². The number of sulfonamides is 1. The standard InChI is InChI=1S/C15H14FNO3S/c16-14-8-6-12(7-9-14)10-15(18)17-21(19,20)11-13-4-2-1-3-5-13/h1-9H,10-11H2,(H,17,18). The second-order valence-corrected chi connectivity index (χ2v) is 6.30. The number of benzene rings is 2. The molecule has 2 rings (SSSR count). The van der Waals surface area contributed by atoms with Crippen molar-refractivity contribution in [2.45, 2.75) is 12.2 Å². The van der Waals surface area contributed by atoms with Crippen molar-refractivity contribution in [2.75, 3.05) is 0 Å². The molecule has 2 aromatic carbocycles. The number of nitrogens with one attached hydrogen (secondary N) is 1. The van der Waals surface area contributed by atoms with E-state index in [2.05, 4.69) is 0 Å². The van der Waals surface area contributed by atoms with Crippen LogP contribution in [0, 0.1) is 5.82 Å². The van der Waals surface area contributed by atoms with Crippen molar-refractivity contribution in [3.8, 4) is 0 Å². The predicted octanol–water partition coefficient (Wildman–Crippen LogP) is 2.01. The minimum absolute atomic E-state index is 0.117. The summed E-state index contributed by atoms with van der Waals surface area (Å²) in [4.78, 5) is 11.7. The lowest BCUT2D eigenvalue weighted by Gasteiger charge is -2.07. The lowest BCUT2D eigenvalue weighted by molar-refractivity contribution is -0.118. The van der Waals surface area contributed by atoms with Crippen LogP contribution in [0.1, 0.15) is 11.1 Å². The molecule has 0 aliphatic rings. The van der Waals surface area contributed by atoms with E-state index in [1.165, 1.54) is 24.3 Å². The van der Waals surface area contributed by atoms with Gasteiger partial charge in [0.15, 0.2) is 0 Å². The van der Waals surface area contributed by atoms with Gasteiger partial charge in [-0.3, -0.25) is 9.52 Å². The fourth-order valence-electron chi connectivity index (χ4n) is 1.83. The Morgan fingerprint density at radius 3 is 2.19 bits per heavy atom. The van der Waals surface area contributed by atoms with Crippen molar-refractivity contribution < 1.29 is 17.6 Å². The lowest BCUT2D eigenvalue weighted by atomic mass is 10.1. The van der Waals surface area contributed by atoms with Crippen LogP contribution < -0.4 is 4.72 Å². The number of carbonyl (C=O) groups is 1. The Labute approximate surface area is 122 Å². The van der Waals surface area contributed by atoms with Gasteiger partial charge in [-0.05, 0) is 23.3 Å². The van der Waals surface area contributed by atoms with Crippen LogP contribution in [0.4, 0.5) is 4.39 Å². The first-order valence-corrected chi connectivity index (χ1v) is 7.91. The van der Waals surface area contributed by atoms with Crippen LogP contribution in [0.5, 0.6) is 0 Å². The Hall–Kier alpha value is -2.21. The molecule has 110 valence electrons. The van der Waals surface area contributed by atoms with Gasteiger partial charge in [0.05, 0.1) is 12.2 Å². The van der Waals surface area contributed by atoms with Crippen LogP contribution in [-0.4, -0.2) is 14.3 Å². The normalized spacial score (nSPS) is 11.1. The molecule has 2 aromatic rings. The third kappa shape index (κ3) is 5.00. The molecule has 0 heterocycles. The smallest absolute Gasteiger partial charge is 0.239 e. The summed E-state index contributed by atoms with van der Waals surface area (Å²) < 4.78 is 38.5. The third-order valence-corrected chi connectivity index (χ3v) is 4.00. The van der Waals surface area contributed by atoms with Gasteiger partial charge >= 0.3 is 0 Å². The van der Waals surface area contributed by atoms with E-state index in [1.807, 2.05) is 4.72 Å². The van der Waals surface area contributed by atoms with Gasteiger partial charge in [-0.2, -0.15) is 0 Å². The second-order valence-electron chi connectivity index (χ2n) is 4.57. The Morgan fingerprint density at radius 2 is 1.57 bits per heavy atom. The van der Waals surface area contributed by atoms with Gasteiger partial charge in [-0.1, -0.05) is 42.5 Å². The Morgan fingerprint density at radius 1 is 0.952 bits per heavy atom. The number of hydrogen-bond donors (Lipinski definition) is 1. The van der Waals surface area contributed by atoms with Gasteiger partial charge in [-0.15, -0.1) is 0 Å². The first-order valence-electron chi connectivity index (χ1n) is 6.26. The maximum absolute atomic E-state index is 12.7. The molecule has 0 aliphatic heterocycles. The predicted molar refractivity (Wildman–Crippen MR) is 77.3 cm³/mol. The maximum atomic E-state index is 12.7. The fraction of sp³-hybridized carbons (Fsp3) is 0.133. The van der Waals surface area contributed by atoms with Crippen LogP contribution >= 0.6 is 0 Å². The monoisotopic (exact) mass is 307 g/mol.